The molecule has 0 bridgehead atoms. The quantitative estimate of drug-likeness (QED) is 0.705. The van der Waals surface area contributed by atoms with Crippen molar-refractivity contribution in [3.05, 3.63) is 30.3 Å². The lowest BCUT2D eigenvalue weighted by Crippen LogP contribution is -2.44. The van der Waals surface area contributed by atoms with Crippen LogP contribution in [0.25, 0.3) is 0 Å². The van der Waals surface area contributed by atoms with Crippen LogP contribution in [0.1, 0.15) is 6.42 Å². The van der Waals surface area contributed by atoms with Crippen LogP contribution in [0.2, 0.25) is 0 Å². The summed E-state index contributed by atoms with van der Waals surface area (Å²) in [7, 11) is -1.16. The molecule has 0 spiro atoms. The summed E-state index contributed by atoms with van der Waals surface area (Å²) >= 11 is 0. The molecule has 7 heteroatoms. The summed E-state index contributed by atoms with van der Waals surface area (Å²) < 4.78 is 22.0. The SMILES string of the molecule is CN(CCNC(=O)C(N)CCS(C)(=O)=O)c1ccccc1. The Balaban J connectivity index is 2.30. The lowest BCUT2D eigenvalue weighted by molar-refractivity contribution is -0.122. The Hall–Kier alpha value is -1.60. The first-order chi connectivity index (χ1) is 9.79. The van der Waals surface area contributed by atoms with Crippen LogP contribution in [0.5, 0.6) is 0 Å². The van der Waals surface area contributed by atoms with E-state index in [1.54, 1.807) is 0 Å². The maximum atomic E-state index is 11.7. The fourth-order valence-corrected chi connectivity index (χ4v) is 2.44. The Morgan fingerprint density at radius 3 is 2.52 bits per heavy atom. The van der Waals surface area contributed by atoms with Crippen molar-refractivity contribution in [2.75, 3.05) is 37.0 Å². The minimum Gasteiger partial charge on any atom is -0.373 e. The largest absolute Gasteiger partial charge is 0.373 e. The number of carbonyl (C=O) groups excluding carboxylic acids is 1. The molecule has 0 saturated heterocycles. The molecule has 1 atom stereocenters. The van der Waals surface area contributed by atoms with E-state index in [0.29, 0.717) is 13.1 Å². The van der Waals surface area contributed by atoms with Crippen molar-refractivity contribution in [2.45, 2.75) is 12.5 Å². The molecule has 0 radical (unpaired) electrons. The first-order valence-corrected chi connectivity index (χ1v) is 8.83. The normalized spacial score (nSPS) is 12.7. The van der Waals surface area contributed by atoms with E-state index in [1.165, 1.54) is 0 Å². The molecule has 118 valence electrons. The standard InChI is InChI=1S/C14H23N3O3S/c1-17(12-6-4-3-5-7-12)10-9-16-14(18)13(15)8-11-21(2,19)20/h3-7,13H,8-11,15H2,1-2H3,(H,16,18). The van der Waals surface area contributed by atoms with Crippen molar-refractivity contribution >= 4 is 21.4 Å². The summed E-state index contributed by atoms with van der Waals surface area (Å²) in [5.74, 6) is -0.397. The highest BCUT2D eigenvalue weighted by atomic mass is 32.2. The number of sulfone groups is 1. The van der Waals surface area contributed by atoms with E-state index < -0.39 is 15.9 Å². The van der Waals surface area contributed by atoms with Crippen LogP contribution < -0.4 is 16.0 Å². The average molecular weight is 313 g/mol. The third-order valence-electron chi connectivity index (χ3n) is 3.08. The zero-order chi connectivity index (χ0) is 15.9. The number of nitrogens with zero attached hydrogens (tertiary/aromatic N) is 1. The van der Waals surface area contributed by atoms with Gasteiger partial charge >= 0.3 is 0 Å². The molecule has 0 aliphatic rings. The molecule has 0 aliphatic heterocycles. The van der Waals surface area contributed by atoms with Gasteiger partial charge in [-0.15, -0.1) is 0 Å². The number of nitrogens with two attached hydrogens (primary N) is 1. The Morgan fingerprint density at radius 2 is 1.95 bits per heavy atom. The van der Waals surface area contributed by atoms with Gasteiger partial charge in [0.2, 0.25) is 5.91 Å². The van der Waals surface area contributed by atoms with Gasteiger partial charge in [0, 0.05) is 32.1 Å². The van der Waals surface area contributed by atoms with Crippen LogP contribution in [0.3, 0.4) is 0 Å². The number of amides is 1. The van der Waals surface area contributed by atoms with E-state index >= 15 is 0 Å². The number of benzene rings is 1. The van der Waals surface area contributed by atoms with E-state index in [-0.39, 0.29) is 18.1 Å². The molecular formula is C14H23N3O3S. The van der Waals surface area contributed by atoms with Gasteiger partial charge in [0.25, 0.3) is 0 Å². The summed E-state index contributed by atoms with van der Waals surface area (Å²) in [6.45, 7) is 1.10. The summed E-state index contributed by atoms with van der Waals surface area (Å²) in [5.41, 5.74) is 6.73. The van der Waals surface area contributed by atoms with Crippen molar-refractivity contribution < 1.29 is 13.2 Å². The molecule has 1 amide bonds. The van der Waals surface area contributed by atoms with E-state index in [0.717, 1.165) is 11.9 Å². The van der Waals surface area contributed by atoms with E-state index in [2.05, 4.69) is 5.32 Å². The van der Waals surface area contributed by atoms with E-state index in [4.69, 9.17) is 5.73 Å². The molecule has 21 heavy (non-hydrogen) atoms. The average Bonchev–Trinajstić information content (AvgIpc) is 2.44. The summed E-state index contributed by atoms with van der Waals surface area (Å²) in [6, 6.07) is 9.03. The third-order valence-corrected chi connectivity index (χ3v) is 4.06. The third kappa shape index (κ3) is 7.10. The molecule has 1 aromatic carbocycles. The Morgan fingerprint density at radius 1 is 1.33 bits per heavy atom. The Labute approximate surface area is 126 Å². The van der Waals surface area contributed by atoms with E-state index in [9.17, 15) is 13.2 Å². The molecule has 6 nitrogen and oxygen atoms in total. The zero-order valence-electron chi connectivity index (χ0n) is 12.5. The second-order valence-electron chi connectivity index (χ2n) is 5.07. The van der Waals surface area contributed by atoms with Crippen molar-refractivity contribution in [2.24, 2.45) is 5.73 Å². The monoisotopic (exact) mass is 313 g/mol. The smallest absolute Gasteiger partial charge is 0.237 e. The lowest BCUT2D eigenvalue weighted by Gasteiger charge is -2.20. The van der Waals surface area contributed by atoms with Crippen LogP contribution in [-0.2, 0) is 14.6 Å². The molecule has 1 rings (SSSR count). The maximum Gasteiger partial charge on any atom is 0.237 e. The number of hydrogen-bond acceptors (Lipinski definition) is 5. The molecular weight excluding hydrogens is 290 g/mol. The molecule has 0 saturated carbocycles. The fraction of sp³-hybridized carbons (Fsp3) is 0.500. The summed E-state index contributed by atoms with van der Waals surface area (Å²) in [5, 5.41) is 2.72. The number of anilines is 1. The summed E-state index contributed by atoms with van der Waals surface area (Å²) in [6.07, 6.45) is 1.27. The second-order valence-corrected chi connectivity index (χ2v) is 7.33. The van der Waals surface area contributed by atoms with Gasteiger partial charge in [0.05, 0.1) is 11.8 Å². The zero-order valence-corrected chi connectivity index (χ0v) is 13.3. The van der Waals surface area contributed by atoms with Gasteiger partial charge in [-0.05, 0) is 18.6 Å². The fourth-order valence-electron chi connectivity index (χ4n) is 1.76. The second kappa shape index (κ2) is 7.99. The van der Waals surface area contributed by atoms with Crippen LogP contribution in [0.4, 0.5) is 5.69 Å². The maximum absolute atomic E-state index is 11.7. The van der Waals surface area contributed by atoms with Crippen LogP contribution >= 0.6 is 0 Å². The first kappa shape index (κ1) is 17.5. The number of nitrogens with one attached hydrogen (secondary N) is 1. The first-order valence-electron chi connectivity index (χ1n) is 6.77. The van der Waals surface area contributed by atoms with Gasteiger partial charge in [-0.1, -0.05) is 18.2 Å². The number of likely N-dealkylation sites (N-methyl/N-ethyl adjacent to an activating group) is 1. The minimum absolute atomic E-state index is 0.0779. The minimum atomic E-state index is -3.09. The highest BCUT2D eigenvalue weighted by Gasteiger charge is 2.15. The number of para-hydroxylation sites is 1. The molecule has 0 aliphatic carbocycles. The van der Waals surface area contributed by atoms with Gasteiger partial charge in [0.1, 0.15) is 9.84 Å². The predicted octanol–water partition coefficient (Wildman–Crippen LogP) is 0.00100. The molecule has 0 fully saturated rings. The molecule has 0 heterocycles. The van der Waals surface area contributed by atoms with Crippen molar-refractivity contribution in [3.8, 4) is 0 Å². The van der Waals surface area contributed by atoms with Gasteiger partial charge in [0.15, 0.2) is 0 Å². The van der Waals surface area contributed by atoms with Gasteiger partial charge in [-0.3, -0.25) is 4.79 Å². The van der Waals surface area contributed by atoms with Crippen molar-refractivity contribution in [1.29, 1.82) is 0 Å². The molecule has 1 aromatic rings. The molecule has 1 unspecified atom stereocenters. The highest BCUT2D eigenvalue weighted by Crippen LogP contribution is 2.09. The van der Waals surface area contributed by atoms with Crippen LogP contribution in [0.15, 0.2) is 30.3 Å². The molecule has 3 N–H and O–H groups in total. The van der Waals surface area contributed by atoms with Crippen LogP contribution in [-0.4, -0.2) is 52.5 Å². The van der Waals surface area contributed by atoms with Crippen molar-refractivity contribution in [1.82, 2.24) is 5.32 Å². The van der Waals surface area contributed by atoms with Crippen molar-refractivity contribution in [3.63, 3.8) is 0 Å². The van der Waals surface area contributed by atoms with Gasteiger partial charge in [-0.2, -0.15) is 0 Å². The topological polar surface area (TPSA) is 92.5 Å². The van der Waals surface area contributed by atoms with E-state index in [1.807, 2.05) is 42.3 Å². The number of rotatable bonds is 8. The number of carbonyl (C=O) groups is 1. The van der Waals surface area contributed by atoms with Crippen LogP contribution in [0, 0.1) is 0 Å². The highest BCUT2D eigenvalue weighted by molar-refractivity contribution is 7.90. The molecule has 0 aromatic heterocycles. The number of hydrogen-bond donors (Lipinski definition) is 2. The van der Waals surface area contributed by atoms with Gasteiger partial charge in [-0.25, -0.2) is 8.42 Å². The Bertz CT molecular complexity index is 546. The summed E-state index contributed by atoms with van der Waals surface area (Å²) in [4.78, 5) is 13.7. The lowest BCUT2D eigenvalue weighted by atomic mass is 10.2. The predicted molar refractivity (Wildman–Crippen MR) is 85.0 cm³/mol. The Kier molecular flexibility index (Phi) is 6.64. The van der Waals surface area contributed by atoms with Gasteiger partial charge < -0.3 is 16.0 Å².